The molecular weight excluding hydrogens is 155 g/mol. The maximum atomic E-state index is 5.69. The third-order valence-corrected chi connectivity index (χ3v) is 1.51. The lowest BCUT2D eigenvalue weighted by Gasteiger charge is -1.99. The molecule has 0 heterocycles. The number of hydrogen-bond acceptors (Lipinski definition) is 2. The molecule has 1 aromatic rings. The summed E-state index contributed by atoms with van der Waals surface area (Å²) in [6, 6.07) is 9.81. The average molecular weight is 166 g/mol. The van der Waals surface area contributed by atoms with Crippen molar-refractivity contribution >= 4 is 15.1 Å². The van der Waals surface area contributed by atoms with Crippen molar-refractivity contribution in [1.82, 2.24) is 5.09 Å². The smallest absolute Gasteiger partial charge is 0.0549 e. The van der Waals surface area contributed by atoms with Gasteiger partial charge in [0.1, 0.15) is 0 Å². The third kappa shape index (κ3) is 2.24. The van der Waals surface area contributed by atoms with Crippen LogP contribution in [0.5, 0.6) is 0 Å². The zero-order valence-corrected chi connectivity index (χ0v) is 7.27. The minimum absolute atomic E-state index is 0.737. The molecule has 3 heteroatoms. The van der Waals surface area contributed by atoms with E-state index in [1.807, 2.05) is 30.3 Å². The first-order valence-electron chi connectivity index (χ1n) is 3.32. The first-order valence-corrected chi connectivity index (χ1v) is 3.89. The normalized spacial score (nSPS) is 11.2. The van der Waals surface area contributed by atoms with Crippen LogP contribution in [0.2, 0.25) is 0 Å². The number of hydrogen-bond donors (Lipinski definition) is 2. The molecule has 1 rings (SSSR count). The first kappa shape index (κ1) is 8.09. The fourth-order valence-corrected chi connectivity index (χ4v) is 0.983. The van der Waals surface area contributed by atoms with E-state index in [0.29, 0.717) is 0 Å². The van der Waals surface area contributed by atoms with E-state index in [9.17, 15) is 0 Å². The van der Waals surface area contributed by atoms with Gasteiger partial charge in [-0.25, -0.2) is 0 Å². The van der Waals surface area contributed by atoms with E-state index in [2.05, 4.69) is 14.5 Å². The zero-order valence-electron chi connectivity index (χ0n) is 6.12. The Morgan fingerprint density at radius 1 is 1.36 bits per heavy atom. The molecule has 0 aromatic heterocycles. The van der Waals surface area contributed by atoms with Gasteiger partial charge in [0.15, 0.2) is 0 Å². The summed E-state index contributed by atoms with van der Waals surface area (Å²) >= 11 is 0. The molecule has 2 nitrogen and oxygen atoms in total. The van der Waals surface area contributed by atoms with Crippen LogP contribution in [0, 0.1) is 0 Å². The fourth-order valence-electron chi connectivity index (χ4n) is 0.804. The molecule has 1 unspecified atom stereocenters. The SMILES string of the molecule is N/C(=C\NP)c1ccccc1. The maximum absolute atomic E-state index is 5.69. The Morgan fingerprint density at radius 2 is 2.00 bits per heavy atom. The van der Waals surface area contributed by atoms with E-state index in [1.165, 1.54) is 0 Å². The molecule has 58 valence electrons. The van der Waals surface area contributed by atoms with E-state index < -0.39 is 0 Å². The molecular formula is C8H11N2P. The molecule has 0 radical (unpaired) electrons. The average Bonchev–Trinajstić information content (AvgIpc) is 2.07. The van der Waals surface area contributed by atoms with Crippen LogP contribution in [-0.2, 0) is 0 Å². The lowest BCUT2D eigenvalue weighted by atomic mass is 10.2. The fraction of sp³-hybridized carbons (Fsp3) is 0. The Balaban J connectivity index is 2.85. The summed E-state index contributed by atoms with van der Waals surface area (Å²) in [6.45, 7) is 0. The van der Waals surface area contributed by atoms with Crippen LogP contribution in [0.15, 0.2) is 36.5 Å². The highest BCUT2D eigenvalue weighted by molar-refractivity contribution is 7.13. The van der Waals surface area contributed by atoms with Crippen molar-refractivity contribution < 1.29 is 0 Å². The molecule has 3 N–H and O–H groups in total. The van der Waals surface area contributed by atoms with E-state index in [4.69, 9.17) is 5.73 Å². The molecule has 0 spiro atoms. The Hall–Kier alpha value is -1.01. The number of nitrogens with one attached hydrogen (secondary N) is 1. The second-order valence-corrected chi connectivity index (χ2v) is 2.47. The number of benzene rings is 1. The molecule has 1 atom stereocenters. The number of rotatable bonds is 2. The van der Waals surface area contributed by atoms with E-state index >= 15 is 0 Å². The molecule has 0 saturated heterocycles. The van der Waals surface area contributed by atoms with E-state index in [-0.39, 0.29) is 0 Å². The van der Waals surface area contributed by atoms with Crippen molar-refractivity contribution in [3.05, 3.63) is 42.1 Å². The van der Waals surface area contributed by atoms with Crippen LogP contribution >= 0.6 is 9.39 Å². The Bertz CT molecular complexity index is 244. The van der Waals surface area contributed by atoms with Gasteiger partial charge < -0.3 is 10.8 Å². The predicted molar refractivity (Wildman–Crippen MR) is 51.5 cm³/mol. The van der Waals surface area contributed by atoms with Gasteiger partial charge in [0.05, 0.1) is 5.70 Å². The summed E-state index contributed by atoms with van der Waals surface area (Å²) in [5.74, 6) is 0. The number of nitrogens with two attached hydrogens (primary N) is 1. The van der Waals surface area contributed by atoms with E-state index in [0.717, 1.165) is 11.3 Å². The monoisotopic (exact) mass is 166 g/mol. The van der Waals surface area contributed by atoms with Crippen LogP contribution in [0.25, 0.3) is 5.70 Å². The van der Waals surface area contributed by atoms with Gasteiger partial charge in [-0.2, -0.15) is 0 Å². The minimum atomic E-state index is 0.737. The van der Waals surface area contributed by atoms with Gasteiger partial charge in [0, 0.05) is 6.20 Å². The second kappa shape index (κ2) is 3.99. The summed E-state index contributed by atoms with van der Waals surface area (Å²) in [6.07, 6.45) is 1.74. The zero-order chi connectivity index (χ0) is 8.10. The molecule has 0 fully saturated rings. The van der Waals surface area contributed by atoms with Crippen molar-refractivity contribution in [2.75, 3.05) is 0 Å². The Kier molecular flexibility index (Phi) is 2.94. The van der Waals surface area contributed by atoms with Crippen molar-refractivity contribution in [2.45, 2.75) is 0 Å². The lowest BCUT2D eigenvalue weighted by Crippen LogP contribution is -1.99. The minimum Gasteiger partial charge on any atom is -0.397 e. The third-order valence-electron chi connectivity index (χ3n) is 1.35. The summed E-state index contributed by atoms with van der Waals surface area (Å²) in [5.41, 5.74) is 7.46. The van der Waals surface area contributed by atoms with Gasteiger partial charge in [-0.1, -0.05) is 30.3 Å². The van der Waals surface area contributed by atoms with Crippen molar-refractivity contribution in [1.29, 1.82) is 0 Å². The molecule has 0 aliphatic rings. The predicted octanol–water partition coefficient (Wildman–Crippen LogP) is 1.32. The van der Waals surface area contributed by atoms with Crippen LogP contribution in [0.3, 0.4) is 0 Å². The van der Waals surface area contributed by atoms with Gasteiger partial charge in [0.2, 0.25) is 0 Å². The van der Waals surface area contributed by atoms with Crippen molar-refractivity contribution in [3.8, 4) is 0 Å². The van der Waals surface area contributed by atoms with Gasteiger partial charge in [-0.3, -0.25) is 0 Å². The van der Waals surface area contributed by atoms with Crippen molar-refractivity contribution in [2.24, 2.45) is 5.73 Å². The second-order valence-electron chi connectivity index (χ2n) is 2.13. The van der Waals surface area contributed by atoms with Gasteiger partial charge >= 0.3 is 0 Å². The molecule has 0 aliphatic carbocycles. The summed E-state index contributed by atoms with van der Waals surface area (Å²) < 4.78 is 0. The van der Waals surface area contributed by atoms with E-state index in [1.54, 1.807) is 6.20 Å². The molecule has 11 heavy (non-hydrogen) atoms. The van der Waals surface area contributed by atoms with Crippen LogP contribution < -0.4 is 10.8 Å². The highest BCUT2D eigenvalue weighted by Gasteiger charge is 1.91. The Morgan fingerprint density at radius 3 is 2.55 bits per heavy atom. The largest absolute Gasteiger partial charge is 0.397 e. The quantitative estimate of drug-likeness (QED) is 0.650. The lowest BCUT2D eigenvalue weighted by molar-refractivity contribution is 1.38. The molecule has 0 saturated carbocycles. The maximum Gasteiger partial charge on any atom is 0.0549 e. The molecule has 1 aromatic carbocycles. The van der Waals surface area contributed by atoms with Crippen LogP contribution in [0.4, 0.5) is 0 Å². The standard InChI is InChI=1S/C8H11N2P/c9-8(6-10-11)7-4-2-1-3-5-7/h1-6,10H,9,11H2/b8-6-. The van der Waals surface area contributed by atoms with Gasteiger partial charge in [-0.05, 0) is 15.0 Å². The molecule has 0 aliphatic heterocycles. The highest BCUT2D eigenvalue weighted by atomic mass is 31.0. The topological polar surface area (TPSA) is 38.0 Å². The summed E-state index contributed by atoms with van der Waals surface area (Å²) in [7, 11) is 2.37. The van der Waals surface area contributed by atoms with Crippen LogP contribution in [0.1, 0.15) is 5.56 Å². The Labute approximate surface area is 68.7 Å². The highest BCUT2D eigenvalue weighted by Crippen LogP contribution is 2.06. The first-order chi connectivity index (χ1) is 5.34. The van der Waals surface area contributed by atoms with Gasteiger partial charge in [-0.15, -0.1) is 0 Å². The van der Waals surface area contributed by atoms with Crippen molar-refractivity contribution in [3.63, 3.8) is 0 Å². The molecule has 0 bridgehead atoms. The van der Waals surface area contributed by atoms with Crippen LogP contribution in [-0.4, -0.2) is 0 Å². The van der Waals surface area contributed by atoms with Gasteiger partial charge in [0.25, 0.3) is 0 Å². The summed E-state index contributed by atoms with van der Waals surface area (Å²) in [4.78, 5) is 0. The summed E-state index contributed by atoms with van der Waals surface area (Å²) in [5, 5.41) is 2.80. The molecule has 0 amide bonds.